The average Bonchev–Trinajstić information content (AvgIpc) is 2.95. The molecule has 6 heteroatoms. The van der Waals surface area contributed by atoms with Crippen LogP contribution in [-0.4, -0.2) is 21.9 Å². The van der Waals surface area contributed by atoms with Gasteiger partial charge in [0.15, 0.2) is 0 Å². The van der Waals surface area contributed by atoms with E-state index in [0.717, 1.165) is 17.0 Å². The van der Waals surface area contributed by atoms with E-state index in [1.54, 1.807) is 7.11 Å². The molecule has 0 fully saturated rings. The van der Waals surface area contributed by atoms with Crippen molar-refractivity contribution < 1.29 is 4.74 Å². The highest BCUT2D eigenvalue weighted by atomic mass is 16.5. The Bertz CT molecular complexity index is 865. The number of ether oxygens (including phenoxy) is 1. The van der Waals surface area contributed by atoms with E-state index in [9.17, 15) is 4.79 Å². The molecule has 3 rings (SSSR count). The van der Waals surface area contributed by atoms with Gasteiger partial charge in [0.05, 0.1) is 20.2 Å². The Labute approximate surface area is 140 Å². The third-order valence-electron chi connectivity index (χ3n) is 3.71. The lowest BCUT2D eigenvalue weighted by Gasteiger charge is -2.06. The molecule has 3 aromatic rings. The molecule has 0 saturated heterocycles. The van der Waals surface area contributed by atoms with E-state index in [4.69, 9.17) is 4.74 Å². The number of rotatable bonds is 6. The van der Waals surface area contributed by atoms with Gasteiger partial charge in [0.25, 0.3) is 0 Å². The van der Waals surface area contributed by atoms with Crippen molar-refractivity contribution >= 4 is 5.69 Å². The van der Waals surface area contributed by atoms with Gasteiger partial charge < -0.3 is 10.1 Å². The molecule has 0 aliphatic rings. The number of aromatic amines is 1. The summed E-state index contributed by atoms with van der Waals surface area (Å²) >= 11 is 0. The summed E-state index contributed by atoms with van der Waals surface area (Å²) in [6, 6.07) is 15.7. The van der Waals surface area contributed by atoms with Gasteiger partial charge in [-0.1, -0.05) is 35.9 Å². The van der Waals surface area contributed by atoms with E-state index in [2.05, 4.69) is 15.4 Å². The Balaban J connectivity index is 1.67. The predicted octanol–water partition coefficient (Wildman–Crippen LogP) is 2.55. The summed E-state index contributed by atoms with van der Waals surface area (Å²) in [7, 11) is 1.63. The van der Waals surface area contributed by atoms with Crippen LogP contribution in [0.15, 0.2) is 53.3 Å². The Hall–Kier alpha value is -3.02. The summed E-state index contributed by atoms with van der Waals surface area (Å²) in [4.78, 5) is 14.8. The van der Waals surface area contributed by atoms with Crippen LogP contribution in [0, 0.1) is 6.92 Å². The van der Waals surface area contributed by atoms with Crippen molar-refractivity contribution in [3.05, 3.63) is 76.0 Å². The van der Waals surface area contributed by atoms with Crippen molar-refractivity contribution in [1.29, 1.82) is 0 Å². The molecule has 0 atom stereocenters. The first kappa shape index (κ1) is 15.9. The molecule has 2 aromatic carbocycles. The highest BCUT2D eigenvalue weighted by Gasteiger charge is 2.06. The zero-order chi connectivity index (χ0) is 16.9. The second-order valence-corrected chi connectivity index (χ2v) is 5.61. The number of hydrogen-bond donors (Lipinski definition) is 2. The number of nitrogens with one attached hydrogen (secondary N) is 2. The first-order valence-electron chi connectivity index (χ1n) is 7.73. The Kier molecular flexibility index (Phi) is 4.65. The molecule has 0 aliphatic carbocycles. The molecule has 0 bridgehead atoms. The molecule has 0 amide bonds. The van der Waals surface area contributed by atoms with Crippen LogP contribution in [-0.2, 0) is 13.1 Å². The highest BCUT2D eigenvalue weighted by Crippen LogP contribution is 2.16. The summed E-state index contributed by atoms with van der Waals surface area (Å²) in [6.07, 6.45) is 0. The van der Waals surface area contributed by atoms with Crippen molar-refractivity contribution in [3.8, 4) is 5.75 Å². The van der Waals surface area contributed by atoms with E-state index in [0.29, 0.717) is 18.9 Å². The molecule has 0 saturated carbocycles. The van der Waals surface area contributed by atoms with E-state index in [1.165, 1.54) is 10.2 Å². The fraction of sp³-hybridized carbons (Fsp3) is 0.222. The lowest BCUT2D eigenvalue weighted by molar-refractivity contribution is 0.415. The standard InChI is InChI=1S/C18H20N4O2/c1-13-6-8-14(9-7-13)12-22-18(23)20-17(21-22)11-19-15-4-3-5-16(10-15)24-2/h3-10,19H,11-12H2,1-2H3,(H,20,21,23). The highest BCUT2D eigenvalue weighted by molar-refractivity contribution is 5.48. The van der Waals surface area contributed by atoms with Gasteiger partial charge in [-0.15, -0.1) is 0 Å². The second-order valence-electron chi connectivity index (χ2n) is 5.61. The van der Waals surface area contributed by atoms with Crippen LogP contribution in [0.4, 0.5) is 5.69 Å². The van der Waals surface area contributed by atoms with Gasteiger partial charge in [-0.3, -0.25) is 4.98 Å². The molecule has 0 spiro atoms. The third-order valence-corrected chi connectivity index (χ3v) is 3.71. The normalized spacial score (nSPS) is 10.6. The van der Waals surface area contributed by atoms with Crippen molar-refractivity contribution in [1.82, 2.24) is 14.8 Å². The minimum Gasteiger partial charge on any atom is -0.497 e. The predicted molar refractivity (Wildman–Crippen MR) is 93.4 cm³/mol. The molecule has 124 valence electrons. The van der Waals surface area contributed by atoms with Crippen LogP contribution < -0.4 is 15.7 Å². The second kappa shape index (κ2) is 7.04. The maximum Gasteiger partial charge on any atom is 0.343 e. The van der Waals surface area contributed by atoms with Crippen molar-refractivity contribution in [2.24, 2.45) is 0 Å². The fourth-order valence-electron chi connectivity index (χ4n) is 2.38. The maximum atomic E-state index is 12.0. The van der Waals surface area contributed by atoms with Crippen molar-refractivity contribution in [3.63, 3.8) is 0 Å². The molecule has 0 radical (unpaired) electrons. The van der Waals surface area contributed by atoms with E-state index >= 15 is 0 Å². The van der Waals surface area contributed by atoms with Crippen LogP contribution in [0.5, 0.6) is 5.75 Å². The number of H-pyrrole nitrogens is 1. The van der Waals surface area contributed by atoms with Gasteiger partial charge in [0.2, 0.25) is 0 Å². The van der Waals surface area contributed by atoms with Gasteiger partial charge in [0, 0.05) is 11.8 Å². The van der Waals surface area contributed by atoms with E-state index in [1.807, 2.05) is 55.5 Å². The Morgan fingerprint density at radius 3 is 2.75 bits per heavy atom. The number of nitrogens with zero attached hydrogens (tertiary/aromatic N) is 2. The lowest BCUT2D eigenvalue weighted by atomic mass is 10.1. The van der Waals surface area contributed by atoms with Gasteiger partial charge in [-0.25, -0.2) is 9.48 Å². The monoisotopic (exact) mass is 324 g/mol. The molecule has 24 heavy (non-hydrogen) atoms. The topological polar surface area (TPSA) is 71.9 Å². The van der Waals surface area contributed by atoms with Gasteiger partial charge in [-0.2, -0.15) is 5.10 Å². The van der Waals surface area contributed by atoms with Crippen LogP contribution in [0.1, 0.15) is 17.0 Å². The van der Waals surface area contributed by atoms with Gasteiger partial charge in [0.1, 0.15) is 11.6 Å². The molecule has 1 heterocycles. The summed E-state index contributed by atoms with van der Waals surface area (Å²) in [6.45, 7) is 2.92. The Morgan fingerprint density at radius 2 is 2.00 bits per heavy atom. The van der Waals surface area contributed by atoms with Crippen molar-refractivity contribution in [2.75, 3.05) is 12.4 Å². The number of aromatic nitrogens is 3. The van der Waals surface area contributed by atoms with E-state index < -0.39 is 0 Å². The van der Waals surface area contributed by atoms with Crippen LogP contribution >= 0.6 is 0 Å². The summed E-state index contributed by atoms with van der Waals surface area (Å²) in [5, 5.41) is 7.56. The third kappa shape index (κ3) is 3.84. The van der Waals surface area contributed by atoms with Crippen molar-refractivity contribution in [2.45, 2.75) is 20.0 Å². The summed E-state index contributed by atoms with van der Waals surface area (Å²) in [5.74, 6) is 1.37. The molecule has 6 nitrogen and oxygen atoms in total. The minimum atomic E-state index is -0.210. The molecule has 2 N–H and O–H groups in total. The van der Waals surface area contributed by atoms with Gasteiger partial charge >= 0.3 is 5.69 Å². The summed E-state index contributed by atoms with van der Waals surface area (Å²) in [5.41, 5.74) is 2.93. The van der Waals surface area contributed by atoms with Gasteiger partial charge in [-0.05, 0) is 24.6 Å². The number of benzene rings is 2. The van der Waals surface area contributed by atoms with E-state index in [-0.39, 0.29) is 5.69 Å². The van der Waals surface area contributed by atoms with Crippen LogP contribution in [0.2, 0.25) is 0 Å². The number of aryl methyl sites for hydroxylation is 1. The van der Waals surface area contributed by atoms with Crippen LogP contribution in [0.25, 0.3) is 0 Å². The quantitative estimate of drug-likeness (QED) is 0.731. The molecule has 0 aliphatic heterocycles. The molecule has 1 aromatic heterocycles. The zero-order valence-electron chi connectivity index (χ0n) is 13.7. The van der Waals surface area contributed by atoms with Crippen LogP contribution in [0.3, 0.4) is 0 Å². The fourth-order valence-corrected chi connectivity index (χ4v) is 2.38. The minimum absolute atomic E-state index is 0.210. The Morgan fingerprint density at radius 1 is 1.21 bits per heavy atom. The lowest BCUT2D eigenvalue weighted by Crippen LogP contribution is -2.18. The SMILES string of the molecule is COc1cccc(NCc2nn(Cc3ccc(C)cc3)c(=O)[nH]2)c1. The largest absolute Gasteiger partial charge is 0.497 e. The maximum absolute atomic E-state index is 12.0. The molecular weight excluding hydrogens is 304 g/mol. The number of anilines is 1. The average molecular weight is 324 g/mol. The zero-order valence-corrected chi connectivity index (χ0v) is 13.7. The first-order chi connectivity index (χ1) is 11.6. The number of hydrogen-bond acceptors (Lipinski definition) is 4. The first-order valence-corrected chi connectivity index (χ1v) is 7.73. The molecular formula is C18H20N4O2. The molecule has 0 unspecified atom stereocenters. The summed E-state index contributed by atoms with van der Waals surface area (Å²) < 4.78 is 6.63. The number of methoxy groups -OCH3 is 1. The smallest absolute Gasteiger partial charge is 0.343 e.